The topological polar surface area (TPSA) is 102 Å². The predicted molar refractivity (Wildman–Crippen MR) is 89.3 cm³/mol. The van der Waals surface area contributed by atoms with Gasteiger partial charge in [0.15, 0.2) is 5.13 Å². The van der Waals surface area contributed by atoms with Crippen LogP contribution in [-0.2, 0) is 4.74 Å². The highest BCUT2D eigenvalue weighted by Gasteiger charge is 2.19. The molecule has 8 nitrogen and oxygen atoms in total. The Morgan fingerprint density at radius 3 is 3.08 bits per heavy atom. The minimum atomic E-state index is -0.327. The number of carbonyl (C=O) groups excluding carboxylic acids is 1. The first-order valence-corrected chi connectivity index (χ1v) is 7.98. The summed E-state index contributed by atoms with van der Waals surface area (Å²) in [5, 5.41) is 3.22. The summed E-state index contributed by atoms with van der Waals surface area (Å²) < 4.78 is 11.6. The van der Waals surface area contributed by atoms with E-state index < -0.39 is 0 Å². The van der Waals surface area contributed by atoms with Crippen LogP contribution in [0.3, 0.4) is 0 Å². The van der Waals surface area contributed by atoms with Crippen LogP contribution in [0.25, 0.3) is 15.8 Å². The lowest BCUT2D eigenvalue weighted by molar-refractivity contribution is 0.102. The zero-order chi connectivity index (χ0) is 16.5. The van der Waals surface area contributed by atoms with E-state index in [-0.39, 0.29) is 5.91 Å². The molecule has 0 radical (unpaired) electrons. The molecule has 3 aromatic rings. The number of methoxy groups -OCH3 is 1. The lowest BCUT2D eigenvalue weighted by Gasteiger charge is -2.04. The van der Waals surface area contributed by atoms with Crippen LogP contribution in [0.4, 0.5) is 5.13 Å². The van der Waals surface area contributed by atoms with E-state index in [1.807, 2.05) is 6.08 Å². The maximum atomic E-state index is 12.1. The Kier molecular flexibility index (Phi) is 3.71. The van der Waals surface area contributed by atoms with Crippen molar-refractivity contribution in [2.75, 3.05) is 25.6 Å². The molecule has 4 heterocycles. The van der Waals surface area contributed by atoms with Gasteiger partial charge in [-0.25, -0.2) is 15.0 Å². The molecule has 0 aromatic carbocycles. The van der Waals surface area contributed by atoms with E-state index in [0.29, 0.717) is 35.4 Å². The lowest BCUT2D eigenvalue weighted by atomic mass is 10.1. The normalized spacial score (nSPS) is 14.0. The number of rotatable bonds is 4. The van der Waals surface area contributed by atoms with E-state index in [0.717, 1.165) is 15.8 Å². The fourth-order valence-corrected chi connectivity index (χ4v) is 3.44. The highest BCUT2D eigenvalue weighted by atomic mass is 32.1. The molecule has 0 unspecified atom stereocenters. The smallest absolute Gasteiger partial charge is 0.277 e. The number of aromatic nitrogens is 4. The van der Waals surface area contributed by atoms with Gasteiger partial charge in [0.2, 0.25) is 5.88 Å². The van der Waals surface area contributed by atoms with Crippen molar-refractivity contribution >= 4 is 38.2 Å². The van der Waals surface area contributed by atoms with Gasteiger partial charge in [0.25, 0.3) is 5.91 Å². The van der Waals surface area contributed by atoms with Crippen molar-refractivity contribution in [2.24, 2.45) is 0 Å². The molecule has 2 N–H and O–H groups in total. The molecule has 9 heteroatoms. The second kappa shape index (κ2) is 6.02. The summed E-state index contributed by atoms with van der Waals surface area (Å²) in [5.41, 5.74) is 2.92. The average molecular weight is 343 g/mol. The van der Waals surface area contributed by atoms with Crippen molar-refractivity contribution in [3.63, 3.8) is 0 Å². The molecule has 1 aliphatic rings. The van der Waals surface area contributed by atoms with Crippen molar-refractivity contribution in [1.82, 2.24) is 19.9 Å². The Labute approximate surface area is 140 Å². The van der Waals surface area contributed by atoms with E-state index >= 15 is 0 Å². The highest BCUT2D eigenvalue weighted by Crippen LogP contribution is 2.37. The van der Waals surface area contributed by atoms with Crippen molar-refractivity contribution in [2.45, 2.75) is 0 Å². The zero-order valence-electron chi connectivity index (χ0n) is 12.7. The second-order valence-electron chi connectivity index (χ2n) is 5.03. The van der Waals surface area contributed by atoms with Crippen LogP contribution in [-0.4, -0.2) is 46.2 Å². The van der Waals surface area contributed by atoms with Crippen LogP contribution >= 0.6 is 11.3 Å². The summed E-state index contributed by atoms with van der Waals surface area (Å²) in [6, 6.07) is 0. The van der Waals surface area contributed by atoms with Gasteiger partial charge >= 0.3 is 0 Å². The molecule has 0 fully saturated rings. The predicted octanol–water partition coefficient (Wildman–Crippen LogP) is 2.09. The number of hydrogen-bond acceptors (Lipinski definition) is 7. The number of carbonyl (C=O) groups is 1. The molecule has 0 saturated heterocycles. The maximum Gasteiger partial charge on any atom is 0.277 e. The van der Waals surface area contributed by atoms with Gasteiger partial charge in [-0.1, -0.05) is 17.4 Å². The molecule has 1 aliphatic heterocycles. The number of pyridine rings is 1. The van der Waals surface area contributed by atoms with Gasteiger partial charge in [-0.2, -0.15) is 0 Å². The minimum Gasteiger partial charge on any atom is -0.479 e. The average Bonchev–Trinajstić information content (AvgIpc) is 3.33. The number of imidazole rings is 1. The molecule has 1 amide bonds. The summed E-state index contributed by atoms with van der Waals surface area (Å²) in [6.07, 6.45) is 6.74. The molecule has 122 valence electrons. The van der Waals surface area contributed by atoms with Crippen molar-refractivity contribution in [1.29, 1.82) is 0 Å². The summed E-state index contributed by atoms with van der Waals surface area (Å²) in [4.78, 5) is 27.6. The van der Waals surface area contributed by atoms with Gasteiger partial charge in [0.05, 0.1) is 31.4 Å². The molecular weight excluding hydrogens is 330 g/mol. The van der Waals surface area contributed by atoms with Crippen molar-refractivity contribution in [3.8, 4) is 5.88 Å². The number of fused-ring (bicyclic) bond motifs is 1. The molecule has 3 aromatic heterocycles. The third-order valence-electron chi connectivity index (χ3n) is 3.58. The van der Waals surface area contributed by atoms with Crippen LogP contribution in [0, 0.1) is 0 Å². The number of amides is 1. The van der Waals surface area contributed by atoms with Gasteiger partial charge < -0.3 is 14.5 Å². The molecule has 4 rings (SSSR count). The number of anilines is 1. The van der Waals surface area contributed by atoms with Crippen molar-refractivity contribution in [3.05, 3.63) is 36.1 Å². The quantitative estimate of drug-likeness (QED) is 0.752. The lowest BCUT2D eigenvalue weighted by Crippen LogP contribution is -2.11. The number of hydrogen-bond donors (Lipinski definition) is 2. The SMILES string of the molecule is COc1ncc(C2=CCOC2)c2sc(NC(=O)c3c[nH]cn3)nc12. The van der Waals surface area contributed by atoms with Gasteiger partial charge in [-0.15, -0.1) is 0 Å². The van der Waals surface area contributed by atoms with Crippen LogP contribution in [0.5, 0.6) is 5.88 Å². The fourth-order valence-electron chi connectivity index (χ4n) is 2.44. The Morgan fingerprint density at radius 2 is 2.38 bits per heavy atom. The summed E-state index contributed by atoms with van der Waals surface area (Å²) in [5.74, 6) is 0.0944. The highest BCUT2D eigenvalue weighted by molar-refractivity contribution is 7.22. The van der Waals surface area contributed by atoms with Crippen LogP contribution in [0.2, 0.25) is 0 Å². The van der Waals surface area contributed by atoms with Gasteiger partial charge in [-0.3, -0.25) is 10.1 Å². The maximum absolute atomic E-state index is 12.1. The van der Waals surface area contributed by atoms with E-state index in [1.165, 1.54) is 23.9 Å². The van der Waals surface area contributed by atoms with Crippen molar-refractivity contribution < 1.29 is 14.3 Å². The molecule has 0 aliphatic carbocycles. The number of thiazole rings is 1. The standard InChI is InChI=1S/C15H13N5O3S/c1-22-14-11-12(9(4-17-14)8-2-3-23-6-8)24-15(19-11)20-13(21)10-5-16-7-18-10/h2,4-5,7H,3,6H2,1H3,(H,16,18)(H,19,20,21). The molecule has 0 atom stereocenters. The third kappa shape index (κ3) is 2.53. The number of aromatic amines is 1. The second-order valence-corrected chi connectivity index (χ2v) is 6.03. The van der Waals surface area contributed by atoms with E-state index in [9.17, 15) is 4.79 Å². The largest absolute Gasteiger partial charge is 0.479 e. The van der Waals surface area contributed by atoms with Crippen LogP contribution in [0.1, 0.15) is 16.1 Å². The summed E-state index contributed by atoms with van der Waals surface area (Å²) in [7, 11) is 1.54. The number of nitrogens with one attached hydrogen (secondary N) is 2. The Bertz CT molecular complexity index is 932. The first kappa shape index (κ1) is 14.8. The fraction of sp³-hybridized carbons (Fsp3) is 0.200. The van der Waals surface area contributed by atoms with Gasteiger partial charge in [-0.05, 0) is 5.57 Å². The van der Waals surface area contributed by atoms with E-state index in [1.54, 1.807) is 13.3 Å². The van der Waals surface area contributed by atoms with Gasteiger partial charge in [0.1, 0.15) is 11.2 Å². The van der Waals surface area contributed by atoms with E-state index in [2.05, 4.69) is 25.3 Å². The number of H-pyrrole nitrogens is 1. The molecule has 0 saturated carbocycles. The zero-order valence-corrected chi connectivity index (χ0v) is 13.5. The summed E-state index contributed by atoms with van der Waals surface area (Å²) in [6.45, 7) is 1.13. The molecule has 0 spiro atoms. The summed E-state index contributed by atoms with van der Waals surface area (Å²) >= 11 is 1.37. The van der Waals surface area contributed by atoms with E-state index in [4.69, 9.17) is 9.47 Å². The number of nitrogens with zero attached hydrogens (tertiary/aromatic N) is 3. The van der Waals surface area contributed by atoms with Gasteiger partial charge in [0, 0.05) is 18.0 Å². The number of ether oxygens (including phenoxy) is 2. The van der Waals surface area contributed by atoms with Crippen LogP contribution in [0.15, 0.2) is 24.8 Å². The molecule has 0 bridgehead atoms. The Balaban J connectivity index is 1.75. The Hall–Kier alpha value is -2.78. The third-order valence-corrected chi connectivity index (χ3v) is 4.59. The monoisotopic (exact) mass is 343 g/mol. The molecular formula is C15H13N5O3S. The Morgan fingerprint density at radius 1 is 1.46 bits per heavy atom. The molecule has 24 heavy (non-hydrogen) atoms. The minimum absolute atomic E-state index is 0.298. The van der Waals surface area contributed by atoms with Crippen LogP contribution < -0.4 is 10.1 Å². The first-order valence-electron chi connectivity index (χ1n) is 7.17. The first-order chi connectivity index (χ1) is 11.8.